The van der Waals surface area contributed by atoms with Crippen LogP contribution in [0.1, 0.15) is 11.1 Å². The normalized spacial score (nSPS) is 20.1. The second-order valence-electron chi connectivity index (χ2n) is 6.87. The predicted molar refractivity (Wildman–Crippen MR) is 91.0 cm³/mol. The first-order valence-electron chi connectivity index (χ1n) is 8.75. The molecule has 2 aliphatic heterocycles. The van der Waals surface area contributed by atoms with Crippen molar-refractivity contribution >= 4 is 0 Å². The molecule has 2 aliphatic rings. The van der Waals surface area contributed by atoms with Crippen molar-refractivity contribution < 1.29 is 31.8 Å². The van der Waals surface area contributed by atoms with Crippen LogP contribution in [0.4, 0.5) is 22.0 Å². The van der Waals surface area contributed by atoms with E-state index in [0.29, 0.717) is 19.2 Å². The maximum absolute atomic E-state index is 15.2. The summed E-state index contributed by atoms with van der Waals surface area (Å²) in [5, 5.41) is 13.2. The van der Waals surface area contributed by atoms with Gasteiger partial charge in [-0.2, -0.15) is 13.2 Å². The molecular formula is C19H17F5N2O2. The third-order valence-electron chi connectivity index (χ3n) is 5.11. The zero-order valence-electron chi connectivity index (χ0n) is 14.6. The van der Waals surface area contributed by atoms with E-state index in [1.54, 1.807) is 0 Å². The molecule has 0 aromatic heterocycles. The van der Waals surface area contributed by atoms with Gasteiger partial charge in [0.1, 0.15) is 18.2 Å². The Labute approximate surface area is 157 Å². The van der Waals surface area contributed by atoms with Crippen LogP contribution in [-0.4, -0.2) is 42.3 Å². The first kappa shape index (κ1) is 18.9. The van der Waals surface area contributed by atoms with Gasteiger partial charge in [0.15, 0.2) is 11.6 Å². The van der Waals surface area contributed by atoms with Crippen molar-refractivity contribution in [2.45, 2.75) is 18.8 Å². The first-order chi connectivity index (χ1) is 13.3. The number of hydrogen-bond donors (Lipinski definition) is 2. The topological polar surface area (TPSA) is 44.7 Å². The fourth-order valence-corrected chi connectivity index (χ4v) is 3.77. The highest BCUT2D eigenvalue weighted by Gasteiger charge is 2.38. The van der Waals surface area contributed by atoms with E-state index in [2.05, 4.69) is 5.32 Å². The summed E-state index contributed by atoms with van der Waals surface area (Å²) in [6.45, 7) is 2.35. The summed E-state index contributed by atoms with van der Waals surface area (Å²) >= 11 is 0. The number of aromatic hydroxyl groups is 1. The fourth-order valence-electron chi connectivity index (χ4n) is 3.77. The van der Waals surface area contributed by atoms with E-state index in [4.69, 9.17) is 4.74 Å². The third kappa shape index (κ3) is 3.18. The number of hydrogen-bond acceptors (Lipinski definition) is 4. The zero-order chi connectivity index (χ0) is 20.1. The highest BCUT2D eigenvalue weighted by molar-refractivity contribution is 5.77. The Bertz CT molecular complexity index is 916. The van der Waals surface area contributed by atoms with E-state index in [1.807, 2.05) is 4.90 Å². The van der Waals surface area contributed by atoms with E-state index in [-0.39, 0.29) is 30.5 Å². The Morgan fingerprint density at radius 3 is 2.71 bits per heavy atom. The lowest BCUT2D eigenvalue weighted by atomic mass is 9.95. The second-order valence-corrected chi connectivity index (χ2v) is 6.87. The van der Waals surface area contributed by atoms with Gasteiger partial charge in [-0.3, -0.25) is 4.90 Å². The Morgan fingerprint density at radius 2 is 1.96 bits per heavy atom. The summed E-state index contributed by atoms with van der Waals surface area (Å²) in [7, 11) is 0. The number of ether oxygens (including phenoxy) is 1. The lowest BCUT2D eigenvalue weighted by Gasteiger charge is -2.33. The molecule has 0 aliphatic carbocycles. The molecule has 2 N–H and O–H groups in total. The standard InChI is InChI=1S/C19H17F5N2O2/c20-13-6-10-8-26-5-4-25-7-11(26)9-28-18(10)17(21)16(13)15-12(19(22,23)24)2-1-3-14(15)27/h1-3,6,11,25,27H,4-5,7-9H2/t11-/m1/s1. The third-order valence-corrected chi connectivity index (χ3v) is 5.11. The lowest BCUT2D eigenvalue weighted by Crippen LogP contribution is -2.52. The molecule has 150 valence electrons. The number of nitrogens with one attached hydrogen (secondary N) is 1. The molecule has 9 heteroatoms. The number of fused-ring (bicyclic) bond motifs is 2. The number of phenolic OH excluding ortho intramolecular Hbond substituents is 1. The monoisotopic (exact) mass is 400 g/mol. The van der Waals surface area contributed by atoms with Gasteiger partial charge in [0.25, 0.3) is 0 Å². The smallest absolute Gasteiger partial charge is 0.417 e. The average molecular weight is 400 g/mol. The van der Waals surface area contributed by atoms with E-state index in [1.165, 1.54) is 0 Å². The molecule has 4 nitrogen and oxygen atoms in total. The summed E-state index contributed by atoms with van der Waals surface area (Å²) in [4.78, 5) is 2.02. The minimum atomic E-state index is -4.90. The SMILES string of the molecule is Oc1cccc(C(F)(F)F)c1-c1c(F)cc2c(c1F)OC[C@H]1CNCCN1C2. The van der Waals surface area contributed by atoms with Gasteiger partial charge in [0.2, 0.25) is 0 Å². The van der Waals surface area contributed by atoms with Crippen LogP contribution in [0.15, 0.2) is 24.3 Å². The zero-order valence-corrected chi connectivity index (χ0v) is 14.6. The molecule has 1 saturated heterocycles. The minimum Gasteiger partial charge on any atom is -0.507 e. The van der Waals surface area contributed by atoms with Crippen molar-refractivity contribution in [2.75, 3.05) is 26.2 Å². The van der Waals surface area contributed by atoms with Gasteiger partial charge in [-0.25, -0.2) is 8.78 Å². The number of alkyl halides is 3. The van der Waals surface area contributed by atoms with E-state index in [0.717, 1.165) is 24.7 Å². The van der Waals surface area contributed by atoms with Crippen molar-refractivity contribution in [2.24, 2.45) is 0 Å². The number of benzene rings is 2. The second kappa shape index (κ2) is 6.89. The summed E-state index contributed by atoms with van der Waals surface area (Å²) in [6.07, 6.45) is -4.90. The van der Waals surface area contributed by atoms with Crippen LogP contribution in [0, 0.1) is 11.6 Å². The van der Waals surface area contributed by atoms with Crippen LogP contribution in [0.2, 0.25) is 0 Å². The maximum Gasteiger partial charge on any atom is 0.417 e. The summed E-state index contributed by atoms with van der Waals surface area (Å²) in [6, 6.07) is 3.55. The van der Waals surface area contributed by atoms with Crippen LogP contribution in [0.5, 0.6) is 11.5 Å². The van der Waals surface area contributed by atoms with E-state index >= 15 is 4.39 Å². The quantitative estimate of drug-likeness (QED) is 0.719. The maximum atomic E-state index is 15.2. The molecule has 28 heavy (non-hydrogen) atoms. The minimum absolute atomic E-state index is 0.0528. The molecule has 0 amide bonds. The van der Waals surface area contributed by atoms with Crippen LogP contribution in [-0.2, 0) is 12.7 Å². The Morgan fingerprint density at radius 1 is 1.18 bits per heavy atom. The summed E-state index contributed by atoms with van der Waals surface area (Å²) in [5.74, 6) is -3.56. The van der Waals surface area contributed by atoms with E-state index < -0.39 is 40.3 Å². The van der Waals surface area contributed by atoms with Crippen molar-refractivity contribution in [1.29, 1.82) is 0 Å². The van der Waals surface area contributed by atoms with Crippen LogP contribution in [0.25, 0.3) is 11.1 Å². The molecular weight excluding hydrogens is 383 g/mol. The molecule has 2 aromatic rings. The van der Waals surface area contributed by atoms with Crippen LogP contribution in [0.3, 0.4) is 0 Å². The van der Waals surface area contributed by atoms with Gasteiger partial charge in [0.05, 0.1) is 17.2 Å². The number of nitrogens with zero attached hydrogens (tertiary/aromatic N) is 1. The van der Waals surface area contributed by atoms with Crippen molar-refractivity contribution in [3.8, 4) is 22.6 Å². The Hall–Kier alpha value is -2.39. The van der Waals surface area contributed by atoms with Gasteiger partial charge in [-0.05, 0) is 18.2 Å². The molecule has 0 radical (unpaired) electrons. The summed E-state index contributed by atoms with van der Waals surface area (Å²) < 4.78 is 75.7. The van der Waals surface area contributed by atoms with Crippen LogP contribution >= 0.6 is 0 Å². The van der Waals surface area contributed by atoms with E-state index in [9.17, 15) is 22.7 Å². The highest BCUT2D eigenvalue weighted by atomic mass is 19.4. The van der Waals surface area contributed by atoms with Gasteiger partial charge in [0, 0.05) is 37.3 Å². The van der Waals surface area contributed by atoms with Gasteiger partial charge in [-0.1, -0.05) is 6.07 Å². The van der Waals surface area contributed by atoms with Crippen LogP contribution < -0.4 is 10.1 Å². The number of halogens is 5. The first-order valence-corrected chi connectivity index (χ1v) is 8.75. The molecule has 0 unspecified atom stereocenters. The van der Waals surface area contributed by atoms with Gasteiger partial charge >= 0.3 is 6.18 Å². The van der Waals surface area contributed by atoms with Crippen molar-refractivity contribution in [1.82, 2.24) is 10.2 Å². The Kier molecular flexibility index (Phi) is 4.67. The van der Waals surface area contributed by atoms with Crippen molar-refractivity contribution in [3.05, 3.63) is 47.0 Å². The predicted octanol–water partition coefficient (Wildman–Crippen LogP) is 3.52. The van der Waals surface area contributed by atoms with Gasteiger partial charge < -0.3 is 15.2 Å². The lowest BCUT2D eigenvalue weighted by molar-refractivity contribution is -0.137. The largest absolute Gasteiger partial charge is 0.507 e. The highest BCUT2D eigenvalue weighted by Crippen LogP contribution is 2.46. The molecule has 1 fully saturated rings. The molecule has 4 rings (SSSR count). The molecule has 1 atom stereocenters. The van der Waals surface area contributed by atoms with Crippen molar-refractivity contribution in [3.63, 3.8) is 0 Å². The fraction of sp³-hybridized carbons (Fsp3) is 0.368. The number of phenols is 1. The molecule has 0 saturated carbocycles. The number of rotatable bonds is 1. The molecule has 2 heterocycles. The average Bonchev–Trinajstić information content (AvgIpc) is 2.81. The van der Waals surface area contributed by atoms with Gasteiger partial charge in [-0.15, -0.1) is 0 Å². The molecule has 2 aromatic carbocycles. The summed E-state index contributed by atoms with van der Waals surface area (Å²) in [5.41, 5.74) is -2.96. The molecule has 0 bridgehead atoms. The number of piperazine rings is 1. The molecule has 0 spiro atoms. The Balaban J connectivity index is 1.88.